The van der Waals surface area contributed by atoms with E-state index in [9.17, 15) is 9.59 Å². The summed E-state index contributed by atoms with van der Waals surface area (Å²) in [6.45, 7) is 6.30. The molecule has 4 rings (SSSR count). The number of carbonyl (C=O) groups excluding carboxylic acids is 2. The van der Waals surface area contributed by atoms with E-state index in [-0.39, 0.29) is 24.9 Å². The molecule has 0 unspecified atom stereocenters. The van der Waals surface area contributed by atoms with Gasteiger partial charge in [-0.05, 0) is 68.3 Å². The number of anilines is 1. The number of aromatic nitrogens is 2. The fraction of sp³-hybridized carbons (Fsp3) is 0.192. The van der Waals surface area contributed by atoms with E-state index >= 15 is 0 Å². The summed E-state index contributed by atoms with van der Waals surface area (Å²) in [6.07, 6.45) is 0. The molecule has 32 heavy (non-hydrogen) atoms. The first-order chi connectivity index (χ1) is 15.4. The largest absolute Gasteiger partial charge is 0.345 e. The Bertz CT molecular complexity index is 1270. The maximum Gasteiger partial charge on any atom is 0.251 e. The quantitative estimate of drug-likeness (QED) is 0.476. The molecule has 0 bridgehead atoms. The third kappa shape index (κ3) is 4.86. The van der Waals surface area contributed by atoms with E-state index in [0.717, 1.165) is 33.4 Å². The number of nitrogens with one attached hydrogen (secondary N) is 2. The summed E-state index contributed by atoms with van der Waals surface area (Å²) in [5, 5.41) is 5.89. The predicted octanol–water partition coefficient (Wildman–Crippen LogP) is 4.53. The third-order valence-corrected chi connectivity index (χ3v) is 5.26. The fourth-order valence-corrected chi connectivity index (χ4v) is 3.79. The summed E-state index contributed by atoms with van der Waals surface area (Å²) in [4.78, 5) is 30.0. The zero-order chi connectivity index (χ0) is 22.7. The molecule has 6 nitrogen and oxygen atoms in total. The van der Waals surface area contributed by atoms with Crippen LogP contribution in [0.25, 0.3) is 11.0 Å². The number of imidazole rings is 1. The van der Waals surface area contributed by atoms with Crippen molar-refractivity contribution in [1.29, 1.82) is 0 Å². The van der Waals surface area contributed by atoms with Gasteiger partial charge in [-0.2, -0.15) is 0 Å². The first-order valence-corrected chi connectivity index (χ1v) is 10.6. The Morgan fingerprint density at radius 1 is 0.875 bits per heavy atom. The number of benzene rings is 3. The van der Waals surface area contributed by atoms with Crippen LogP contribution in [0.4, 0.5) is 5.69 Å². The summed E-state index contributed by atoms with van der Waals surface area (Å²) in [5.41, 5.74) is 6.27. The van der Waals surface area contributed by atoms with Gasteiger partial charge in [0, 0.05) is 11.3 Å². The smallest absolute Gasteiger partial charge is 0.251 e. The van der Waals surface area contributed by atoms with E-state index in [1.54, 1.807) is 12.1 Å². The molecule has 4 aromatic rings. The second-order valence-electron chi connectivity index (χ2n) is 8.08. The maximum absolute atomic E-state index is 12.8. The molecule has 1 aromatic heterocycles. The van der Waals surface area contributed by atoms with Crippen LogP contribution in [-0.4, -0.2) is 21.4 Å². The minimum Gasteiger partial charge on any atom is -0.345 e. The molecular formula is C26H26N4O2. The summed E-state index contributed by atoms with van der Waals surface area (Å²) in [7, 11) is 0. The van der Waals surface area contributed by atoms with E-state index in [1.807, 2.05) is 73.9 Å². The van der Waals surface area contributed by atoms with Gasteiger partial charge < -0.3 is 15.2 Å². The molecule has 162 valence electrons. The van der Waals surface area contributed by atoms with Crippen molar-refractivity contribution in [2.24, 2.45) is 0 Å². The number of hydrogen-bond acceptors (Lipinski definition) is 3. The minimum atomic E-state index is -0.178. The Hall–Kier alpha value is -3.93. The van der Waals surface area contributed by atoms with Crippen molar-refractivity contribution in [2.45, 2.75) is 33.9 Å². The number of rotatable bonds is 6. The highest BCUT2D eigenvalue weighted by Gasteiger charge is 2.15. The first kappa shape index (κ1) is 21.3. The number of fused-ring (bicyclic) bond motifs is 1. The summed E-state index contributed by atoms with van der Waals surface area (Å²) in [6, 6.07) is 21.0. The zero-order valence-corrected chi connectivity index (χ0v) is 18.5. The van der Waals surface area contributed by atoms with Gasteiger partial charge in [-0.15, -0.1) is 0 Å². The number of para-hydroxylation sites is 2. The molecule has 3 aromatic carbocycles. The molecule has 0 aliphatic heterocycles. The molecule has 0 fully saturated rings. The number of carbonyl (C=O) groups is 2. The van der Waals surface area contributed by atoms with Crippen LogP contribution < -0.4 is 10.6 Å². The van der Waals surface area contributed by atoms with Crippen molar-refractivity contribution in [3.05, 3.63) is 94.8 Å². The lowest BCUT2D eigenvalue weighted by molar-refractivity contribution is -0.116. The summed E-state index contributed by atoms with van der Waals surface area (Å²) in [5.74, 6) is 0.301. The van der Waals surface area contributed by atoms with Crippen LogP contribution in [0.1, 0.15) is 32.9 Å². The van der Waals surface area contributed by atoms with Gasteiger partial charge >= 0.3 is 0 Å². The van der Waals surface area contributed by atoms with Crippen molar-refractivity contribution in [2.75, 3.05) is 5.32 Å². The van der Waals surface area contributed by atoms with Crippen molar-refractivity contribution in [3.63, 3.8) is 0 Å². The lowest BCUT2D eigenvalue weighted by Crippen LogP contribution is -2.26. The molecule has 6 heteroatoms. The number of amides is 2. The van der Waals surface area contributed by atoms with Crippen LogP contribution in [0.5, 0.6) is 0 Å². The van der Waals surface area contributed by atoms with Gasteiger partial charge in [-0.25, -0.2) is 4.98 Å². The highest BCUT2D eigenvalue weighted by atomic mass is 16.2. The Morgan fingerprint density at radius 2 is 1.56 bits per heavy atom. The molecule has 0 saturated heterocycles. The Morgan fingerprint density at radius 3 is 2.28 bits per heavy atom. The lowest BCUT2D eigenvalue weighted by Gasteiger charge is -2.12. The van der Waals surface area contributed by atoms with Gasteiger partial charge in [-0.3, -0.25) is 9.59 Å². The minimum absolute atomic E-state index is 0.100. The zero-order valence-electron chi connectivity index (χ0n) is 18.5. The third-order valence-electron chi connectivity index (χ3n) is 5.26. The van der Waals surface area contributed by atoms with Crippen LogP contribution in [0.3, 0.4) is 0 Å². The fourth-order valence-electron chi connectivity index (χ4n) is 3.79. The number of aryl methyl sites for hydroxylation is 3. The monoisotopic (exact) mass is 426 g/mol. The van der Waals surface area contributed by atoms with E-state index in [4.69, 9.17) is 0 Å². The molecule has 0 atom stereocenters. The Kier molecular flexibility index (Phi) is 6.03. The lowest BCUT2D eigenvalue weighted by atomic mass is 10.1. The summed E-state index contributed by atoms with van der Waals surface area (Å²) >= 11 is 0. The first-order valence-electron chi connectivity index (χ1n) is 10.6. The standard InChI is InChI=1S/C26H26N4O2/c1-17-8-10-20(11-9-17)26(32)27-15-24-29-22-6-4-5-7-23(22)30(24)16-25(31)28-21-13-18(2)12-19(3)14-21/h4-14H,15-16H2,1-3H3,(H,27,32)(H,28,31). The molecule has 0 radical (unpaired) electrons. The van der Waals surface area contributed by atoms with Crippen LogP contribution in [0.15, 0.2) is 66.7 Å². The Labute approximate surface area is 187 Å². The molecule has 1 heterocycles. The highest BCUT2D eigenvalue weighted by molar-refractivity contribution is 5.94. The Balaban J connectivity index is 1.54. The molecule has 0 spiro atoms. The normalized spacial score (nSPS) is 10.8. The molecule has 2 N–H and O–H groups in total. The average molecular weight is 427 g/mol. The SMILES string of the molecule is Cc1ccc(C(=O)NCc2nc3ccccc3n2CC(=O)Nc2cc(C)cc(C)c2)cc1. The predicted molar refractivity (Wildman–Crippen MR) is 127 cm³/mol. The van der Waals surface area contributed by atoms with Crippen LogP contribution >= 0.6 is 0 Å². The van der Waals surface area contributed by atoms with Crippen LogP contribution in [-0.2, 0) is 17.9 Å². The number of hydrogen-bond donors (Lipinski definition) is 2. The van der Waals surface area contributed by atoms with Crippen molar-refractivity contribution in [3.8, 4) is 0 Å². The van der Waals surface area contributed by atoms with E-state index in [2.05, 4.69) is 21.7 Å². The average Bonchev–Trinajstić information content (AvgIpc) is 3.09. The van der Waals surface area contributed by atoms with Crippen LogP contribution in [0.2, 0.25) is 0 Å². The maximum atomic E-state index is 12.8. The molecule has 0 saturated carbocycles. The van der Waals surface area contributed by atoms with Gasteiger partial charge in [0.25, 0.3) is 5.91 Å². The van der Waals surface area contributed by atoms with E-state index < -0.39 is 0 Å². The summed E-state index contributed by atoms with van der Waals surface area (Å²) < 4.78 is 1.85. The second-order valence-corrected chi connectivity index (χ2v) is 8.08. The second kappa shape index (κ2) is 9.06. The van der Waals surface area contributed by atoms with Gasteiger partial charge in [0.05, 0.1) is 17.6 Å². The topological polar surface area (TPSA) is 76.0 Å². The van der Waals surface area contributed by atoms with Gasteiger partial charge in [0.1, 0.15) is 12.4 Å². The van der Waals surface area contributed by atoms with Gasteiger partial charge in [-0.1, -0.05) is 35.9 Å². The highest BCUT2D eigenvalue weighted by Crippen LogP contribution is 2.18. The van der Waals surface area contributed by atoms with E-state index in [0.29, 0.717) is 11.4 Å². The van der Waals surface area contributed by atoms with Gasteiger partial charge in [0.2, 0.25) is 5.91 Å². The van der Waals surface area contributed by atoms with Crippen molar-refractivity contribution >= 4 is 28.5 Å². The van der Waals surface area contributed by atoms with Crippen molar-refractivity contribution < 1.29 is 9.59 Å². The molecule has 0 aliphatic rings. The van der Waals surface area contributed by atoms with E-state index in [1.165, 1.54) is 0 Å². The molecular weight excluding hydrogens is 400 g/mol. The number of nitrogens with zero attached hydrogens (tertiary/aromatic N) is 2. The molecule has 0 aliphatic carbocycles. The molecule has 2 amide bonds. The van der Waals surface area contributed by atoms with Crippen LogP contribution in [0, 0.1) is 20.8 Å². The van der Waals surface area contributed by atoms with Gasteiger partial charge in [0.15, 0.2) is 0 Å². The van der Waals surface area contributed by atoms with Crippen molar-refractivity contribution in [1.82, 2.24) is 14.9 Å².